The maximum absolute atomic E-state index is 13.2. The highest BCUT2D eigenvalue weighted by Crippen LogP contribution is 2.19. The largest absolute Gasteiger partial charge is 0.368 e. The Morgan fingerprint density at radius 2 is 1.69 bits per heavy atom. The maximum atomic E-state index is 13.2. The van der Waals surface area contributed by atoms with Crippen LogP contribution in [0.5, 0.6) is 0 Å². The lowest BCUT2D eigenvalue weighted by molar-refractivity contribution is -0.132. The molecule has 170 valence electrons. The average molecular weight is 438 g/mol. The minimum Gasteiger partial charge on any atom is -0.368 e. The molecule has 2 aromatic carbocycles. The molecule has 2 aliphatic rings. The van der Waals surface area contributed by atoms with Gasteiger partial charge in [0, 0.05) is 65.0 Å². The molecule has 1 amide bonds. The molecule has 2 aliphatic heterocycles. The van der Waals surface area contributed by atoms with Crippen LogP contribution in [-0.4, -0.2) is 68.0 Å². The van der Waals surface area contributed by atoms with Crippen molar-refractivity contribution >= 4 is 17.6 Å². The number of anilines is 1. The van der Waals surface area contributed by atoms with E-state index in [9.17, 15) is 9.18 Å². The molecule has 2 aromatic rings. The van der Waals surface area contributed by atoms with Crippen molar-refractivity contribution in [1.29, 1.82) is 0 Å². The van der Waals surface area contributed by atoms with Gasteiger partial charge >= 0.3 is 0 Å². The molecule has 0 aromatic heterocycles. The van der Waals surface area contributed by atoms with Crippen molar-refractivity contribution in [3.63, 3.8) is 0 Å². The van der Waals surface area contributed by atoms with Crippen LogP contribution in [0.2, 0.25) is 0 Å². The topological polar surface area (TPSA) is 51.2 Å². The Balaban J connectivity index is 1.18. The molecule has 32 heavy (non-hydrogen) atoms. The second-order valence-electron chi connectivity index (χ2n) is 8.36. The van der Waals surface area contributed by atoms with Gasteiger partial charge in [0.15, 0.2) is 5.96 Å². The fourth-order valence-electron chi connectivity index (χ4n) is 4.47. The van der Waals surface area contributed by atoms with Gasteiger partial charge in [0.1, 0.15) is 5.82 Å². The fraction of sp³-hybridized carbons (Fsp3) is 0.440. The van der Waals surface area contributed by atoms with Crippen LogP contribution in [0.25, 0.3) is 0 Å². The van der Waals surface area contributed by atoms with E-state index in [-0.39, 0.29) is 11.7 Å². The summed E-state index contributed by atoms with van der Waals surface area (Å²) < 4.78 is 13.2. The number of piperazine rings is 1. The highest BCUT2D eigenvalue weighted by atomic mass is 19.1. The Kier molecular flexibility index (Phi) is 7.24. The number of hydrogen-bond donors (Lipinski definition) is 1. The highest BCUT2D eigenvalue weighted by molar-refractivity contribution is 5.80. The third-order valence-corrected chi connectivity index (χ3v) is 6.32. The van der Waals surface area contributed by atoms with Crippen molar-refractivity contribution in [3.05, 3.63) is 65.5 Å². The summed E-state index contributed by atoms with van der Waals surface area (Å²) in [7, 11) is 1.80. The van der Waals surface area contributed by atoms with Gasteiger partial charge in [-0.05, 0) is 48.2 Å². The van der Waals surface area contributed by atoms with Gasteiger partial charge in [0.25, 0.3) is 0 Å². The second kappa shape index (κ2) is 10.5. The van der Waals surface area contributed by atoms with Gasteiger partial charge in [0.2, 0.25) is 5.91 Å². The van der Waals surface area contributed by atoms with Gasteiger partial charge in [-0.15, -0.1) is 0 Å². The number of fused-ring (bicyclic) bond motifs is 1. The molecule has 0 unspecified atom stereocenters. The number of nitrogens with one attached hydrogen (secondary N) is 1. The molecule has 0 spiro atoms. The summed E-state index contributed by atoms with van der Waals surface area (Å²) in [5, 5.41) is 3.41. The second-order valence-corrected chi connectivity index (χ2v) is 8.36. The molecule has 1 N–H and O–H groups in total. The first-order chi connectivity index (χ1) is 15.6. The summed E-state index contributed by atoms with van der Waals surface area (Å²) in [5.74, 6) is 0.896. The minimum atomic E-state index is -0.208. The smallest absolute Gasteiger partial charge is 0.222 e. The molecule has 2 heterocycles. The number of rotatable bonds is 5. The summed E-state index contributed by atoms with van der Waals surface area (Å²) >= 11 is 0. The monoisotopic (exact) mass is 437 g/mol. The Morgan fingerprint density at radius 3 is 2.41 bits per heavy atom. The van der Waals surface area contributed by atoms with E-state index >= 15 is 0 Å². The lowest BCUT2D eigenvalue weighted by Crippen LogP contribution is -2.52. The van der Waals surface area contributed by atoms with E-state index < -0.39 is 0 Å². The fourth-order valence-corrected chi connectivity index (χ4v) is 4.47. The van der Waals surface area contributed by atoms with E-state index in [4.69, 9.17) is 0 Å². The lowest BCUT2D eigenvalue weighted by atomic mass is 9.99. The van der Waals surface area contributed by atoms with E-state index in [0.717, 1.165) is 70.3 Å². The predicted octanol–water partition coefficient (Wildman–Crippen LogP) is 2.89. The van der Waals surface area contributed by atoms with Crippen LogP contribution < -0.4 is 10.2 Å². The number of halogens is 1. The Morgan fingerprint density at radius 1 is 0.969 bits per heavy atom. The molecule has 7 heteroatoms. The van der Waals surface area contributed by atoms with Crippen molar-refractivity contribution in [2.45, 2.75) is 25.8 Å². The zero-order valence-corrected chi connectivity index (χ0v) is 18.8. The number of aliphatic imine (C=N–C) groups is 1. The van der Waals surface area contributed by atoms with Crippen LogP contribution in [0, 0.1) is 5.82 Å². The van der Waals surface area contributed by atoms with E-state index in [1.807, 2.05) is 23.1 Å². The normalized spacial score (nSPS) is 16.7. The molecule has 0 bridgehead atoms. The number of hydrogen-bond acceptors (Lipinski definition) is 3. The number of carbonyl (C=O) groups excluding carboxylic acids is 1. The van der Waals surface area contributed by atoms with E-state index in [2.05, 4.69) is 38.3 Å². The highest BCUT2D eigenvalue weighted by Gasteiger charge is 2.21. The zero-order valence-electron chi connectivity index (χ0n) is 18.8. The van der Waals surface area contributed by atoms with Gasteiger partial charge in [0.05, 0.1) is 0 Å². The third kappa shape index (κ3) is 5.39. The Labute approximate surface area is 189 Å². The summed E-state index contributed by atoms with van der Waals surface area (Å²) in [4.78, 5) is 23.5. The van der Waals surface area contributed by atoms with Crippen molar-refractivity contribution in [2.24, 2.45) is 4.99 Å². The first kappa shape index (κ1) is 22.1. The van der Waals surface area contributed by atoms with Crippen LogP contribution >= 0.6 is 0 Å². The van der Waals surface area contributed by atoms with Crippen molar-refractivity contribution in [2.75, 3.05) is 51.2 Å². The number of carbonyl (C=O) groups is 1. The van der Waals surface area contributed by atoms with E-state index in [1.54, 1.807) is 7.05 Å². The SMILES string of the molecule is CN=C(NCCCC(=O)N1CCc2ccccc2C1)N1CCN(c2ccc(F)cc2)CC1. The van der Waals surface area contributed by atoms with Crippen molar-refractivity contribution in [3.8, 4) is 0 Å². The van der Waals surface area contributed by atoms with Crippen LogP contribution in [0.3, 0.4) is 0 Å². The molecule has 0 radical (unpaired) electrons. The first-order valence-corrected chi connectivity index (χ1v) is 11.4. The van der Waals surface area contributed by atoms with Gasteiger partial charge in [-0.25, -0.2) is 4.39 Å². The minimum absolute atomic E-state index is 0.208. The van der Waals surface area contributed by atoms with Crippen LogP contribution in [0.15, 0.2) is 53.5 Å². The zero-order chi connectivity index (χ0) is 22.3. The molecule has 4 rings (SSSR count). The molecule has 0 aliphatic carbocycles. The van der Waals surface area contributed by atoms with E-state index in [0.29, 0.717) is 6.42 Å². The average Bonchev–Trinajstić information content (AvgIpc) is 2.84. The molecule has 0 atom stereocenters. The van der Waals surface area contributed by atoms with Crippen molar-refractivity contribution < 1.29 is 9.18 Å². The molecule has 0 saturated carbocycles. The van der Waals surface area contributed by atoms with Crippen molar-refractivity contribution in [1.82, 2.24) is 15.1 Å². The Bertz CT molecular complexity index is 938. The van der Waals surface area contributed by atoms with Crippen LogP contribution in [0.1, 0.15) is 24.0 Å². The van der Waals surface area contributed by atoms with Gasteiger partial charge in [-0.3, -0.25) is 9.79 Å². The molecule has 1 saturated heterocycles. The van der Waals surface area contributed by atoms with Gasteiger partial charge in [-0.2, -0.15) is 0 Å². The van der Waals surface area contributed by atoms with Crippen LogP contribution in [0.4, 0.5) is 10.1 Å². The number of guanidine groups is 1. The number of benzene rings is 2. The number of amides is 1. The molecular formula is C25H32FN5O. The standard InChI is InChI=1S/C25H32FN5O/c1-27-25(30-17-15-29(16-18-30)23-10-8-22(26)9-11-23)28-13-4-7-24(32)31-14-12-20-5-2-3-6-21(20)19-31/h2-3,5-6,8-11H,4,7,12-19H2,1H3,(H,27,28). The van der Waals surface area contributed by atoms with Gasteiger partial charge in [-0.1, -0.05) is 24.3 Å². The Hall–Kier alpha value is -3.09. The maximum Gasteiger partial charge on any atom is 0.222 e. The third-order valence-electron chi connectivity index (χ3n) is 6.32. The summed E-state index contributed by atoms with van der Waals surface area (Å²) in [5.41, 5.74) is 3.68. The summed E-state index contributed by atoms with van der Waals surface area (Å²) in [6, 6.07) is 15.1. The van der Waals surface area contributed by atoms with E-state index in [1.165, 1.54) is 23.3 Å². The van der Waals surface area contributed by atoms with Crippen LogP contribution in [-0.2, 0) is 17.8 Å². The predicted molar refractivity (Wildman–Crippen MR) is 126 cm³/mol. The number of nitrogens with zero attached hydrogens (tertiary/aromatic N) is 4. The molecule has 1 fully saturated rings. The first-order valence-electron chi connectivity index (χ1n) is 11.4. The summed E-state index contributed by atoms with van der Waals surface area (Å²) in [6.07, 6.45) is 2.27. The summed E-state index contributed by atoms with van der Waals surface area (Å²) in [6.45, 7) is 5.68. The molecule has 6 nitrogen and oxygen atoms in total. The molecular weight excluding hydrogens is 405 g/mol. The lowest BCUT2D eigenvalue weighted by Gasteiger charge is -2.37. The quantitative estimate of drug-likeness (QED) is 0.444. The van der Waals surface area contributed by atoms with Gasteiger partial charge < -0.3 is 20.0 Å².